The third-order valence-corrected chi connectivity index (χ3v) is 4.48. The molecule has 0 aromatic heterocycles. The minimum Gasteiger partial charge on any atom is -0.492 e. The van der Waals surface area contributed by atoms with E-state index in [4.69, 9.17) is 9.47 Å². The molecule has 0 heterocycles. The first kappa shape index (κ1) is 15.6. The van der Waals surface area contributed by atoms with E-state index in [1.807, 2.05) is 0 Å². The fourth-order valence-electron chi connectivity index (χ4n) is 3.39. The maximum atomic E-state index is 14.3. The van der Waals surface area contributed by atoms with Crippen molar-refractivity contribution in [3.8, 4) is 11.5 Å². The molecule has 21 heavy (non-hydrogen) atoms. The topological polar surface area (TPSA) is 55.8 Å². The molecule has 0 saturated heterocycles. The number of aliphatic carboxylic acids is 1. The number of hydrogen-bond donors (Lipinski definition) is 1. The number of benzene rings is 1. The molecule has 2 rings (SSSR count). The van der Waals surface area contributed by atoms with E-state index >= 15 is 0 Å². The van der Waals surface area contributed by atoms with Crippen LogP contribution in [0.25, 0.3) is 0 Å². The number of hydrogen-bond acceptors (Lipinski definition) is 3. The molecule has 116 valence electrons. The van der Waals surface area contributed by atoms with Crippen LogP contribution in [-0.2, 0) is 10.2 Å². The van der Waals surface area contributed by atoms with Crippen LogP contribution in [0.4, 0.5) is 4.39 Å². The van der Waals surface area contributed by atoms with Crippen molar-refractivity contribution in [3.63, 3.8) is 0 Å². The van der Waals surface area contributed by atoms with Crippen molar-refractivity contribution in [3.05, 3.63) is 23.0 Å². The smallest absolute Gasteiger partial charge is 0.314 e. The van der Waals surface area contributed by atoms with Gasteiger partial charge in [0.1, 0.15) is 0 Å². The van der Waals surface area contributed by atoms with Gasteiger partial charge in [0.25, 0.3) is 0 Å². The van der Waals surface area contributed by atoms with Crippen LogP contribution < -0.4 is 9.47 Å². The van der Waals surface area contributed by atoms with Gasteiger partial charge < -0.3 is 14.6 Å². The van der Waals surface area contributed by atoms with Crippen molar-refractivity contribution >= 4 is 5.97 Å². The van der Waals surface area contributed by atoms with Gasteiger partial charge in [-0.25, -0.2) is 4.39 Å². The Hall–Kier alpha value is -1.78. The molecule has 1 aliphatic rings. The molecule has 1 saturated carbocycles. The third-order valence-electron chi connectivity index (χ3n) is 4.48. The molecular weight excluding hydrogens is 275 g/mol. The van der Waals surface area contributed by atoms with Crippen LogP contribution in [0.2, 0.25) is 0 Å². The summed E-state index contributed by atoms with van der Waals surface area (Å²) in [5.41, 5.74) is 0.118. The highest BCUT2D eigenvalue weighted by molar-refractivity contribution is 5.82. The zero-order chi connectivity index (χ0) is 15.6. The molecule has 5 heteroatoms. The second kappa shape index (κ2) is 5.92. The molecule has 0 bridgehead atoms. The van der Waals surface area contributed by atoms with E-state index in [2.05, 4.69) is 0 Å². The van der Waals surface area contributed by atoms with Gasteiger partial charge in [0.15, 0.2) is 17.3 Å². The Morgan fingerprint density at radius 2 is 1.76 bits per heavy atom. The van der Waals surface area contributed by atoms with Gasteiger partial charge in [-0.05, 0) is 37.0 Å². The quantitative estimate of drug-likeness (QED) is 0.924. The number of carbonyl (C=O) groups is 1. The summed E-state index contributed by atoms with van der Waals surface area (Å²) in [7, 11) is 2.80. The minimum atomic E-state index is -1.03. The van der Waals surface area contributed by atoms with Gasteiger partial charge in [-0.15, -0.1) is 0 Å². The van der Waals surface area contributed by atoms with E-state index in [0.717, 1.165) is 19.3 Å². The highest BCUT2D eigenvalue weighted by atomic mass is 19.1. The summed E-state index contributed by atoms with van der Waals surface area (Å²) < 4.78 is 24.6. The fraction of sp³-hybridized carbons (Fsp3) is 0.562. The van der Waals surface area contributed by atoms with Gasteiger partial charge in [0.2, 0.25) is 0 Å². The summed E-state index contributed by atoms with van der Waals surface area (Å²) in [6.07, 6.45) is 3.74. The third kappa shape index (κ3) is 2.45. The maximum absolute atomic E-state index is 14.3. The van der Waals surface area contributed by atoms with E-state index in [1.165, 1.54) is 20.3 Å². The first-order valence-electron chi connectivity index (χ1n) is 7.13. The molecule has 0 spiro atoms. The molecule has 0 atom stereocenters. The highest BCUT2D eigenvalue weighted by Crippen LogP contribution is 2.46. The summed E-state index contributed by atoms with van der Waals surface area (Å²) in [5, 5.41) is 9.75. The summed E-state index contributed by atoms with van der Waals surface area (Å²) in [4.78, 5) is 11.9. The van der Waals surface area contributed by atoms with E-state index in [0.29, 0.717) is 24.0 Å². The van der Waals surface area contributed by atoms with Crippen LogP contribution in [-0.4, -0.2) is 25.3 Å². The Balaban J connectivity index is 2.67. The SMILES string of the molecule is COc1c(F)cc(C2(C(=O)O)CCCCC2)c(C)c1OC. The normalized spacial score (nSPS) is 17.3. The first-order valence-corrected chi connectivity index (χ1v) is 7.13. The van der Waals surface area contributed by atoms with Gasteiger partial charge in [0.05, 0.1) is 19.6 Å². The molecule has 0 aliphatic heterocycles. The van der Waals surface area contributed by atoms with E-state index in [1.54, 1.807) is 6.92 Å². The second-order valence-electron chi connectivity index (χ2n) is 5.55. The Bertz CT molecular complexity index is 548. The molecule has 1 fully saturated rings. The monoisotopic (exact) mass is 296 g/mol. The lowest BCUT2D eigenvalue weighted by Crippen LogP contribution is -2.38. The van der Waals surface area contributed by atoms with Crippen LogP contribution in [0.15, 0.2) is 6.07 Å². The van der Waals surface area contributed by atoms with Crippen LogP contribution in [0, 0.1) is 12.7 Å². The van der Waals surface area contributed by atoms with Crippen LogP contribution >= 0.6 is 0 Å². The first-order chi connectivity index (χ1) is 9.97. The fourth-order valence-corrected chi connectivity index (χ4v) is 3.39. The molecule has 1 aliphatic carbocycles. The van der Waals surface area contributed by atoms with Crippen molar-refractivity contribution in [2.75, 3.05) is 14.2 Å². The summed E-state index contributed by atoms with van der Waals surface area (Å²) in [6, 6.07) is 1.30. The standard InChI is InChI=1S/C16H21FO4/c1-10-11(9-12(17)14(21-3)13(10)20-2)16(15(18)19)7-5-4-6-8-16/h9H,4-8H2,1-3H3,(H,18,19). The van der Waals surface area contributed by atoms with Crippen molar-refractivity contribution < 1.29 is 23.8 Å². The van der Waals surface area contributed by atoms with Crippen LogP contribution in [0.1, 0.15) is 43.2 Å². The van der Waals surface area contributed by atoms with Gasteiger partial charge >= 0.3 is 5.97 Å². The lowest BCUT2D eigenvalue weighted by Gasteiger charge is -2.35. The van der Waals surface area contributed by atoms with Crippen molar-refractivity contribution in [2.24, 2.45) is 0 Å². The average Bonchev–Trinajstić information content (AvgIpc) is 2.49. The van der Waals surface area contributed by atoms with Gasteiger partial charge in [0, 0.05) is 0 Å². The van der Waals surface area contributed by atoms with E-state index in [9.17, 15) is 14.3 Å². The summed E-state index contributed by atoms with van der Waals surface area (Å²) in [6.45, 7) is 1.76. The second-order valence-corrected chi connectivity index (χ2v) is 5.55. The summed E-state index contributed by atoms with van der Waals surface area (Å²) in [5.74, 6) is -1.17. The van der Waals surface area contributed by atoms with Crippen molar-refractivity contribution in [1.29, 1.82) is 0 Å². The molecule has 0 unspecified atom stereocenters. The molecule has 1 aromatic carbocycles. The van der Waals surface area contributed by atoms with Gasteiger partial charge in [-0.1, -0.05) is 19.3 Å². The van der Waals surface area contributed by atoms with Gasteiger partial charge in [-0.2, -0.15) is 0 Å². The maximum Gasteiger partial charge on any atom is 0.314 e. The molecule has 0 radical (unpaired) electrons. The van der Waals surface area contributed by atoms with Crippen LogP contribution in [0.3, 0.4) is 0 Å². The molecule has 0 amide bonds. The molecule has 4 nitrogen and oxygen atoms in total. The Kier molecular flexibility index (Phi) is 4.40. The predicted molar refractivity (Wildman–Crippen MR) is 76.6 cm³/mol. The van der Waals surface area contributed by atoms with Crippen molar-refractivity contribution in [2.45, 2.75) is 44.4 Å². The largest absolute Gasteiger partial charge is 0.492 e. The Labute approximate surface area is 123 Å². The van der Waals surface area contributed by atoms with Gasteiger partial charge in [-0.3, -0.25) is 4.79 Å². The van der Waals surface area contributed by atoms with Crippen LogP contribution in [0.5, 0.6) is 11.5 Å². The lowest BCUT2D eigenvalue weighted by atomic mass is 9.68. The summed E-state index contributed by atoms with van der Waals surface area (Å²) >= 11 is 0. The zero-order valence-corrected chi connectivity index (χ0v) is 12.7. The average molecular weight is 296 g/mol. The zero-order valence-electron chi connectivity index (χ0n) is 12.7. The Morgan fingerprint density at radius 3 is 2.24 bits per heavy atom. The molecule has 1 N–H and O–H groups in total. The van der Waals surface area contributed by atoms with E-state index in [-0.39, 0.29) is 11.5 Å². The lowest BCUT2D eigenvalue weighted by molar-refractivity contribution is -0.145. The highest BCUT2D eigenvalue weighted by Gasteiger charge is 2.43. The molecule has 1 aromatic rings. The number of carboxylic acid groups (broad SMARTS) is 1. The number of carboxylic acids is 1. The predicted octanol–water partition coefficient (Wildman–Crippen LogP) is 3.44. The van der Waals surface area contributed by atoms with E-state index < -0.39 is 17.2 Å². The number of rotatable bonds is 4. The number of ether oxygens (including phenoxy) is 2. The number of halogens is 1. The Morgan fingerprint density at radius 1 is 1.19 bits per heavy atom. The van der Waals surface area contributed by atoms with Crippen molar-refractivity contribution in [1.82, 2.24) is 0 Å². The molecular formula is C16H21FO4. The number of methoxy groups -OCH3 is 2. The minimum absolute atomic E-state index is 0.0232.